The van der Waals surface area contributed by atoms with Crippen LogP contribution in [0.1, 0.15) is 19.3 Å². The molecule has 1 aromatic carbocycles. The smallest absolute Gasteiger partial charge is 0.307 e. The summed E-state index contributed by atoms with van der Waals surface area (Å²) < 4.78 is 0. The number of hydrogen-bond donors (Lipinski definition) is 3. The van der Waals surface area contributed by atoms with Gasteiger partial charge in [0.2, 0.25) is 5.91 Å². The number of phenols is 1. The van der Waals surface area contributed by atoms with E-state index in [4.69, 9.17) is 16.7 Å². The molecule has 6 heteroatoms. The minimum atomic E-state index is -0.929. The van der Waals surface area contributed by atoms with Gasteiger partial charge in [-0.2, -0.15) is 0 Å². The number of carboxylic acid groups (broad SMARTS) is 1. The molecule has 1 fully saturated rings. The van der Waals surface area contributed by atoms with Crippen molar-refractivity contribution in [3.8, 4) is 5.75 Å². The number of halogens is 1. The highest BCUT2D eigenvalue weighted by Crippen LogP contribution is 2.33. The van der Waals surface area contributed by atoms with Crippen LogP contribution in [0.4, 0.5) is 5.69 Å². The van der Waals surface area contributed by atoms with Gasteiger partial charge >= 0.3 is 5.97 Å². The first-order valence-electron chi connectivity index (χ1n) is 6.01. The van der Waals surface area contributed by atoms with E-state index in [9.17, 15) is 14.7 Å². The van der Waals surface area contributed by atoms with Crippen LogP contribution >= 0.6 is 11.6 Å². The minimum Gasteiger partial charge on any atom is -0.506 e. The Morgan fingerprint density at radius 3 is 2.58 bits per heavy atom. The Balaban J connectivity index is 2.08. The third-order valence-corrected chi connectivity index (χ3v) is 3.69. The topological polar surface area (TPSA) is 86.6 Å². The number of benzene rings is 1. The number of amides is 1. The van der Waals surface area contributed by atoms with Crippen LogP contribution in [-0.2, 0) is 9.59 Å². The maximum absolute atomic E-state index is 12.0. The number of hydrogen-bond acceptors (Lipinski definition) is 3. The lowest BCUT2D eigenvalue weighted by molar-refractivity contribution is -0.145. The van der Waals surface area contributed by atoms with E-state index in [1.54, 1.807) is 0 Å². The highest BCUT2D eigenvalue weighted by Gasteiger charge is 2.37. The third-order valence-electron chi connectivity index (χ3n) is 3.39. The quantitative estimate of drug-likeness (QED) is 0.744. The van der Waals surface area contributed by atoms with Crippen LogP contribution < -0.4 is 5.32 Å². The lowest BCUT2D eigenvalue weighted by Gasteiger charge is -2.15. The Hall–Kier alpha value is -1.75. The molecular weight excluding hydrogens is 270 g/mol. The van der Waals surface area contributed by atoms with E-state index >= 15 is 0 Å². The molecule has 0 aromatic heterocycles. The summed E-state index contributed by atoms with van der Waals surface area (Å²) in [6.45, 7) is 0. The molecule has 0 spiro atoms. The molecule has 1 amide bonds. The minimum absolute atomic E-state index is 0.0658. The van der Waals surface area contributed by atoms with Crippen LogP contribution in [0.2, 0.25) is 5.02 Å². The van der Waals surface area contributed by atoms with Crippen LogP contribution in [0.5, 0.6) is 5.75 Å². The number of carbonyl (C=O) groups is 2. The molecule has 0 saturated heterocycles. The summed E-state index contributed by atoms with van der Waals surface area (Å²) in [5.41, 5.74) is 0.448. The fourth-order valence-electron chi connectivity index (χ4n) is 2.39. The molecule has 0 unspecified atom stereocenters. The van der Waals surface area contributed by atoms with Crippen LogP contribution in [0.3, 0.4) is 0 Å². The second kappa shape index (κ2) is 5.48. The summed E-state index contributed by atoms with van der Waals surface area (Å²) >= 11 is 5.74. The standard InChI is InChI=1S/C13H14ClNO4/c14-10-6-7(4-5-11(10)16)15-12(17)8-2-1-3-9(8)13(18)19/h4-6,8-9,16H,1-3H2,(H,15,17)(H,18,19)/t8-,9+/m1/s1. The van der Waals surface area contributed by atoms with Crippen molar-refractivity contribution in [2.75, 3.05) is 5.32 Å². The summed E-state index contributed by atoms with van der Waals surface area (Å²) in [7, 11) is 0. The summed E-state index contributed by atoms with van der Waals surface area (Å²) in [5, 5.41) is 21.1. The van der Waals surface area contributed by atoms with Gasteiger partial charge in [0, 0.05) is 5.69 Å². The maximum atomic E-state index is 12.0. The first kappa shape index (κ1) is 13.7. The van der Waals surface area contributed by atoms with E-state index in [2.05, 4.69) is 5.32 Å². The molecule has 0 bridgehead atoms. The monoisotopic (exact) mass is 283 g/mol. The third kappa shape index (κ3) is 2.98. The summed E-state index contributed by atoms with van der Waals surface area (Å²) in [4.78, 5) is 23.1. The number of nitrogens with one attached hydrogen (secondary N) is 1. The Bertz CT molecular complexity index is 517. The zero-order chi connectivity index (χ0) is 14.0. The van der Waals surface area contributed by atoms with Gasteiger partial charge in [-0.1, -0.05) is 18.0 Å². The van der Waals surface area contributed by atoms with Crippen LogP contribution in [0.25, 0.3) is 0 Å². The number of aliphatic carboxylic acids is 1. The molecule has 19 heavy (non-hydrogen) atoms. The number of phenolic OH excluding ortho intramolecular Hbond substituents is 1. The van der Waals surface area contributed by atoms with Gasteiger partial charge in [-0.15, -0.1) is 0 Å². The highest BCUT2D eigenvalue weighted by atomic mass is 35.5. The number of aromatic hydroxyl groups is 1. The zero-order valence-corrected chi connectivity index (χ0v) is 10.9. The molecule has 0 aliphatic heterocycles. The Morgan fingerprint density at radius 1 is 1.26 bits per heavy atom. The van der Waals surface area contributed by atoms with Gasteiger partial charge < -0.3 is 15.5 Å². The van der Waals surface area contributed by atoms with Crippen molar-refractivity contribution >= 4 is 29.2 Å². The normalized spacial score (nSPS) is 22.2. The first-order chi connectivity index (χ1) is 8.99. The average molecular weight is 284 g/mol. The van der Waals surface area contributed by atoms with Crippen LogP contribution in [-0.4, -0.2) is 22.1 Å². The molecule has 1 aliphatic carbocycles. The van der Waals surface area contributed by atoms with Crippen molar-refractivity contribution in [2.24, 2.45) is 11.8 Å². The zero-order valence-electron chi connectivity index (χ0n) is 10.1. The molecule has 2 rings (SSSR count). The lowest BCUT2D eigenvalue weighted by Crippen LogP contribution is -2.29. The number of anilines is 1. The molecule has 0 radical (unpaired) electrons. The molecule has 3 N–H and O–H groups in total. The van der Waals surface area contributed by atoms with E-state index in [0.717, 1.165) is 6.42 Å². The van der Waals surface area contributed by atoms with Crippen molar-refractivity contribution in [2.45, 2.75) is 19.3 Å². The van der Waals surface area contributed by atoms with Gasteiger partial charge in [0.1, 0.15) is 5.75 Å². The lowest BCUT2D eigenvalue weighted by atomic mass is 9.95. The molecule has 2 atom stereocenters. The first-order valence-corrected chi connectivity index (χ1v) is 6.39. The molecule has 5 nitrogen and oxygen atoms in total. The van der Waals surface area contributed by atoms with Gasteiger partial charge in [0.25, 0.3) is 0 Å². The molecular formula is C13H14ClNO4. The Labute approximate surface area is 115 Å². The van der Waals surface area contributed by atoms with Crippen molar-refractivity contribution in [1.82, 2.24) is 0 Å². The summed E-state index contributed by atoms with van der Waals surface area (Å²) in [5.74, 6) is -2.44. The Kier molecular flexibility index (Phi) is 3.95. The van der Waals surface area contributed by atoms with E-state index in [-0.39, 0.29) is 16.7 Å². The number of carbonyl (C=O) groups excluding carboxylic acids is 1. The molecule has 102 valence electrons. The highest BCUT2D eigenvalue weighted by molar-refractivity contribution is 6.32. The largest absolute Gasteiger partial charge is 0.506 e. The van der Waals surface area contributed by atoms with Gasteiger partial charge in [-0.25, -0.2) is 0 Å². The second-order valence-corrected chi connectivity index (χ2v) is 5.04. The van der Waals surface area contributed by atoms with E-state index in [0.29, 0.717) is 18.5 Å². The van der Waals surface area contributed by atoms with Crippen molar-refractivity contribution in [3.63, 3.8) is 0 Å². The molecule has 1 saturated carbocycles. The molecule has 0 heterocycles. The summed E-state index contributed by atoms with van der Waals surface area (Å²) in [6.07, 6.45) is 1.85. The van der Waals surface area contributed by atoms with Crippen molar-refractivity contribution in [1.29, 1.82) is 0 Å². The van der Waals surface area contributed by atoms with Gasteiger partial charge in [0.15, 0.2) is 0 Å². The predicted molar refractivity (Wildman–Crippen MR) is 70.2 cm³/mol. The van der Waals surface area contributed by atoms with Crippen molar-refractivity contribution < 1.29 is 19.8 Å². The van der Waals surface area contributed by atoms with E-state index in [1.807, 2.05) is 0 Å². The molecule has 1 aromatic rings. The second-order valence-electron chi connectivity index (χ2n) is 4.64. The van der Waals surface area contributed by atoms with Crippen LogP contribution in [0.15, 0.2) is 18.2 Å². The predicted octanol–water partition coefficient (Wildman–Crippen LogP) is 2.49. The van der Waals surface area contributed by atoms with E-state index in [1.165, 1.54) is 18.2 Å². The molecule has 1 aliphatic rings. The number of carboxylic acids is 1. The fourth-order valence-corrected chi connectivity index (χ4v) is 2.57. The van der Waals surface area contributed by atoms with E-state index < -0.39 is 17.8 Å². The van der Waals surface area contributed by atoms with Gasteiger partial charge in [-0.05, 0) is 31.0 Å². The van der Waals surface area contributed by atoms with Gasteiger partial charge in [-0.3, -0.25) is 9.59 Å². The average Bonchev–Trinajstić information content (AvgIpc) is 2.83. The maximum Gasteiger partial charge on any atom is 0.307 e. The summed E-state index contributed by atoms with van der Waals surface area (Å²) in [6, 6.07) is 4.32. The van der Waals surface area contributed by atoms with Crippen LogP contribution in [0, 0.1) is 11.8 Å². The van der Waals surface area contributed by atoms with Crippen molar-refractivity contribution in [3.05, 3.63) is 23.2 Å². The number of rotatable bonds is 3. The van der Waals surface area contributed by atoms with Gasteiger partial charge in [0.05, 0.1) is 16.9 Å². The fraction of sp³-hybridized carbons (Fsp3) is 0.385. The SMILES string of the molecule is O=C(O)[C@H]1CCC[C@H]1C(=O)Nc1ccc(O)c(Cl)c1. The Morgan fingerprint density at radius 2 is 1.95 bits per heavy atom.